The Labute approximate surface area is 142 Å². The number of nitrogens with one attached hydrogen (secondary N) is 1. The summed E-state index contributed by atoms with van der Waals surface area (Å²) in [4.78, 5) is 14.9. The van der Waals surface area contributed by atoms with Crippen LogP contribution in [0.2, 0.25) is 0 Å². The van der Waals surface area contributed by atoms with Gasteiger partial charge in [0, 0.05) is 37.3 Å². The lowest BCUT2D eigenvalue weighted by atomic mass is 9.89. The highest BCUT2D eigenvalue weighted by Gasteiger charge is 2.29. The number of carbonyl (C=O) groups excluding carboxylic acids is 1. The van der Waals surface area contributed by atoms with Crippen LogP contribution in [0.25, 0.3) is 0 Å². The number of nitrogens with zero attached hydrogens (tertiary/aromatic N) is 2. The van der Waals surface area contributed by atoms with Crippen molar-refractivity contribution < 1.29 is 9.53 Å². The van der Waals surface area contributed by atoms with Crippen molar-refractivity contribution >= 4 is 5.91 Å². The first-order chi connectivity index (χ1) is 11.8. The number of carbonyl (C=O) groups is 1. The molecule has 0 radical (unpaired) electrons. The number of ether oxygens (including phenoxy) is 1. The fourth-order valence-corrected chi connectivity index (χ4v) is 3.92. The largest absolute Gasteiger partial charge is 0.493 e. The van der Waals surface area contributed by atoms with Crippen LogP contribution in [0.5, 0.6) is 5.75 Å². The first kappa shape index (κ1) is 15.2. The van der Waals surface area contributed by atoms with Crippen molar-refractivity contribution in [3.05, 3.63) is 47.8 Å². The molecule has 24 heavy (non-hydrogen) atoms. The number of aromatic nitrogens is 2. The van der Waals surface area contributed by atoms with Crippen molar-refractivity contribution in [1.82, 2.24) is 15.1 Å². The highest BCUT2D eigenvalue weighted by molar-refractivity contribution is 5.77. The number of H-pyrrole nitrogens is 1. The van der Waals surface area contributed by atoms with Gasteiger partial charge in [0.15, 0.2) is 0 Å². The summed E-state index contributed by atoms with van der Waals surface area (Å²) in [7, 11) is 0. The first-order valence-corrected chi connectivity index (χ1v) is 8.80. The molecule has 126 valence electrons. The van der Waals surface area contributed by atoms with Gasteiger partial charge >= 0.3 is 0 Å². The molecule has 5 nitrogen and oxygen atoms in total. The van der Waals surface area contributed by atoms with E-state index < -0.39 is 0 Å². The molecule has 1 amide bonds. The zero-order valence-corrected chi connectivity index (χ0v) is 13.8. The van der Waals surface area contributed by atoms with E-state index in [1.54, 1.807) is 6.20 Å². The van der Waals surface area contributed by atoms with Crippen molar-refractivity contribution in [2.45, 2.75) is 37.5 Å². The quantitative estimate of drug-likeness (QED) is 0.943. The van der Waals surface area contributed by atoms with E-state index in [1.807, 2.05) is 29.2 Å². The van der Waals surface area contributed by atoms with Gasteiger partial charge in [0.25, 0.3) is 0 Å². The van der Waals surface area contributed by atoms with Gasteiger partial charge in [0.1, 0.15) is 5.75 Å². The Hall–Kier alpha value is -2.30. The van der Waals surface area contributed by atoms with E-state index in [0.29, 0.717) is 18.9 Å². The molecule has 5 heteroatoms. The van der Waals surface area contributed by atoms with Crippen LogP contribution < -0.4 is 4.74 Å². The Morgan fingerprint density at radius 3 is 3.08 bits per heavy atom. The first-order valence-electron chi connectivity index (χ1n) is 8.80. The standard InChI is InChI=1S/C19H23N3O2/c23-19(12-14-8-11-24-18-6-2-1-5-16(14)18)22-10-3-4-15(13-22)17-7-9-20-21-17/h1-2,5-7,9,14-15H,3-4,8,10-13H2,(H,20,21)/t14-,15-/m1/s1. The lowest BCUT2D eigenvalue weighted by molar-refractivity contribution is -0.133. The number of benzene rings is 1. The average molecular weight is 325 g/mol. The summed E-state index contributed by atoms with van der Waals surface area (Å²) in [6, 6.07) is 10.1. The van der Waals surface area contributed by atoms with Gasteiger partial charge in [-0.15, -0.1) is 0 Å². The van der Waals surface area contributed by atoms with Gasteiger partial charge < -0.3 is 9.64 Å². The lowest BCUT2D eigenvalue weighted by Gasteiger charge is -2.34. The Morgan fingerprint density at radius 1 is 1.29 bits per heavy atom. The molecular formula is C19H23N3O2. The summed E-state index contributed by atoms with van der Waals surface area (Å²) in [5.41, 5.74) is 2.32. The maximum atomic E-state index is 12.9. The Kier molecular flexibility index (Phi) is 4.24. The Morgan fingerprint density at radius 2 is 2.21 bits per heavy atom. The van der Waals surface area contributed by atoms with Gasteiger partial charge in [0.2, 0.25) is 5.91 Å². The van der Waals surface area contributed by atoms with Crippen molar-refractivity contribution in [1.29, 1.82) is 0 Å². The van der Waals surface area contributed by atoms with Crippen molar-refractivity contribution in [2.75, 3.05) is 19.7 Å². The second-order valence-corrected chi connectivity index (χ2v) is 6.77. The summed E-state index contributed by atoms with van der Waals surface area (Å²) in [5.74, 6) is 1.86. The SMILES string of the molecule is O=C(C[C@H]1CCOc2ccccc21)N1CCC[C@@H](c2ccn[nH]2)C1. The molecule has 2 atom stereocenters. The minimum atomic E-state index is 0.265. The number of likely N-dealkylation sites (tertiary alicyclic amines) is 1. The van der Waals surface area contributed by atoms with Crippen LogP contribution in [-0.2, 0) is 4.79 Å². The normalized spacial score (nSPS) is 23.4. The third-order valence-corrected chi connectivity index (χ3v) is 5.24. The molecule has 0 spiro atoms. The molecule has 0 saturated carbocycles. The smallest absolute Gasteiger partial charge is 0.223 e. The second kappa shape index (κ2) is 6.67. The van der Waals surface area contributed by atoms with E-state index >= 15 is 0 Å². The number of fused-ring (bicyclic) bond motifs is 1. The Balaban J connectivity index is 1.43. The lowest BCUT2D eigenvalue weighted by Crippen LogP contribution is -2.40. The molecule has 1 fully saturated rings. The minimum Gasteiger partial charge on any atom is -0.493 e. The van der Waals surface area contributed by atoms with Gasteiger partial charge in [-0.3, -0.25) is 9.89 Å². The number of piperidine rings is 1. The summed E-state index contributed by atoms with van der Waals surface area (Å²) in [5, 5.41) is 7.10. The number of hydrogen-bond acceptors (Lipinski definition) is 3. The van der Waals surface area contributed by atoms with E-state index in [-0.39, 0.29) is 11.8 Å². The molecule has 0 unspecified atom stereocenters. The van der Waals surface area contributed by atoms with E-state index in [0.717, 1.165) is 43.8 Å². The molecule has 0 aliphatic carbocycles. The fourth-order valence-electron chi connectivity index (χ4n) is 3.92. The summed E-state index contributed by atoms with van der Waals surface area (Å²) >= 11 is 0. The van der Waals surface area contributed by atoms with Gasteiger partial charge in [-0.1, -0.05) is 18.2 Å². The molecule has 1 aromatic carbocycles. The van der Waals surface area contributed by atoms with E-state index in [2.05, 4.69) is 16.3 Å². The van der Waals surface area contributed by atoms with E-state index in [4.69, 9.17) is 4.74 Å². The zero-order chi connectivity index (χ0) is 16.4. The predicted octanol–water partition coefficient (Wildman–Crippen LogP) is 3.07. The minimum absolute atomic E-state index is 0.265. The van der Waals surface area contributed by atoms with E-state index in [9.17, 15) is 4.79 Å². The fraction of sp³-hybridized carbons (Fsp3) is 0.474. The molecular weight excluding hydrogens is 302 g/mol. The van der Waals surface area contributed by atoms with E-state index in [1.165, 1.54) is 5.56 Å². The van der Waals surface area contributed by atoms with Crippen LogP contribution in [0.4, 0.5) is 0 Å². The topological polar surface area (TPSA) is 58.2 Å². The molecule has 3 heterocycles. The number of aromatic amines is 1. The van der Waals surface area contributed by atoms with Gasteiger partial charge in [-0.25, -0.2) is 0 Å². The zero-order valence-electron chi connectivity index (χ0n) is 13.8. The van der Waals surface area contributed by atoms with Crippen molar-refractivity contribution in [2.24, 2.45) is 0 Å². The summed E-state index contributed by atoms with van der Waals surface area (Å²) < 4.78 is 5.71. The molecule has 2 aliphatic heterocycles. The third-order valence-electron chi connectivity index (χ3n) is 5.24. The monoisotopic (exact) mass is 325 g/mol. The average Bonchev–Trinajstić information content (AvgIpc) is 3.17. The predicted molar refractivity (Wildman–Crippen MR) is 91.1 cm³/mol. The van der Waals surface area contributed by atoms with Gasteiger partial charge in [0.05, 0.1) is 6.61 Å². The van der Waals surface area contributed by atoms with Crippen LogP contribution in [0.3, 0.4) is 0 Å². The highest BCUT2D eigenvalue weighted by atomic mass is 16.5. The van der Waals surface area contributed by atoms with Gasteiger partial charge in [-0.05, 0) is 42.9 Å². The summed E-state index contributed by atoms with van der Waals surface area (Å²) in [6.45, 7) is 2.37. The Bertz CT molecular complexity index is 698. The maximum absolute atomic E-state index is 12.9. The van der Waals surface area contributed by atoms with Crippen LogP contribution in [0, 0.1) is 0 Å². The molecule has 0 bridgehead atoms. The molecule has 1 saturated heterocycles. The van der Waals surface area contributed by atoms with Crippen molar-refractivity contribution in [3.8, 4) is 5.75 Å². The summed E-state index contributed by atoms with van der Waals surface area (Å²) in [6.07, 6.45) is 5.46. The molecule has 1 N–H and O–H groups in total. The molecule has 2 aliphatic rings. The number of amides is 1. The van der Waals surface area contributed by atoms with Crippen LogP contribution in [0.1, 0.15) is 48.8 Å². The second-order valence-electron chi connectivity index (χ2n) is 6.77. The van der Waals surface area contributed by atoms with Crippen LogP contribution in [0.15, 0.2) is 36.5 Å². The molecule has 1 aromatic heterocycles. The maximum Gasteiger partial charge on any atom is 0.223 e. The number of hydrogen-bond donors (Lipinski definition) is 1. The number of para-hydroxylation sites is 1. The van der Waals surface area contributed by atoms with Crippen LogP contribution >= 0.6 is 0 Å². The highest BCUT2D eigenvalue weighted by Crippen LogP contribution is 2.36. The van der Waals surface area contributed by atoms with Crippen molar-refractivity contribution in [3.63, 3.8) is 0 Å². The molecule has 4 rings (SSSR count). The molecule has 2 aromatic rings. The van der Waals surface area contributed by atoms with Crippen LogP contribution in [-0.4, -0.2) is 40.7 Å². The van der Waals surface area contributed by atoms with Gasteiger partial charge in [-0.2, -0.15) is 5.10 Å². The third kappa shape index (κ3) is 3.03. The number of rotatable bonds is 3.